The van der Waals surface area contributed by atoms with Crippen molar-refractivity contribution in [2.75, 3.05) is 38.6 Å². The van der Waals surface area contributed by atoms with E-state index in [2.05, 4.69) is 52.8 Å². The molecule has 32 heavy (non-hydrogen) atoms. The number of nitrogens with zero attached hydrogens (tertiary/aromatic N) is 3. The summed E-state index contributed by atoms with van der Waals surface area (Å²) >= 11 is 0. The van der Waals surface area contributed by atoms with E-state index in [1.165, 1.54) is 21.7 Å². The lowest BCUT2D eigenvalue weighted by Crippen LogP contribution is -2.40. The van der Waals surface area contributed by atoms with E-state index >= 15 is 0 Å². The minimum atomic E-state index is -0.105. The van der Waals surface area contributed by atoms with E-state index in [9.17, 15) is 9.59 Å². The number of hydrogen-bond donors (Lipinski definition) is 2. The Bertz CT molecular complexity index is 908. The first-order chi connectivity index (χ1) is 15.4. The van der Waals surface area contributed by atoms with Gasteiger partial charge in [0.05, 0.1) is 18.4 Å². The number of amides is 2. The summed E-state index contributed by atoms with van der Waals surface area (Å²) in [5.74, 6) is 1.16. The summed E-state index contributed by atoms with van der Waals surface area (Å²) in [4.78, 5) is 33.9. The van der Waals surface area contributed by atoms with Crippen molar-refractivity contribution in [3.8, 4) is 0 Å². The van der Waals surface area contributed by atoms with Crippen molar-refractivity contribution >= 4 is 23.5 Å². The van der Waals surface area contributed by atoms with Crippen LogP contribution in [0.1, 0.15) is 30.9 Å². The number of fused-ring (bicyclic) bond motifs is 5. The SMILES string of the molecule is CCNC(=NCc1ccc(N(C)C)cc1C)NCCCN1C(=O)C2C3C=CC(C3)C2C1=O. The molecular formula is C25H35N5O2. The number of carbonyl (C=O) groups excluding carboxylic acids is 2. The Hall–Kier alpha value is -2.83. The minimum Gasteiger partial charge on any atom is -0.378 e. The van der Waals surface area contributed by atoms with Gasteiger partial charge in [0.2, 0.25) is 11.8 Å². The molecule has 1 aromatic carbocycles. The third-order valence-corrected chi connectivity index (χ3v) is 7.01. The van der Waals surface area contributed by atoms with E-state index in [4.69, 9.17) is 4.99 Å². The maximum atomic E-state index is 12.8. The number of anilines is 1. The first kappa shape index (κ1) is 22.4. The van der Waals surface area contributed by atoms with Crippen molar-refractivity contribution in [2.45, 2.75) is 33.2 Å². The van der Waals surface area contributed by atoms with E-state index in [1.807, 2.05) is 21.0 Å². The standard InChI is InChI=1S/C25H35N5O2/c1-5-26-25(28-15-19-9-10-20(29(3)4)13-16(19)2)27-11-6-12-30-23(31)21-17-7-8-18(14-17)22(21)24(30)32/h7-10,13,17-18,21-22H,5-6,11-12,14-15H2,1-4H3,(H2,26,27,28). The number of hydrogen-bond acceptors (Lipinski definition) is 4. The van der Waals surface area contributed by atoms with Gasteiger partial charge in [0.1, 0.15) is 0 Å². The quantitative estimate of drug-likeness (QED) is 0.215. The Kier molecular flexibility index (Phi) is 6.53. The average Bonchev–Trinajstić information content (AvgIpc) is 3.44. The Balaban J connectivity index is 1.28. The lowest BCUT2D eigenvalue weighted by Gasteiger charge is -2.18. The summed E-state index contributed by atoms with van der Waals surface area (Å²) in [6, 6.07) is 6.41. The summed E-state index contributed by atoms with van der Waals surface area (Å²) in [5, 5.41) is 6.62. The first-order valence-corrected chi connectivity index (χ1v) is 11.7. The minimum absolute atomic E-state index is 0.0362. The number of allylic oxidation sites excluding steroid dienone is 2. The molecule has 0 aromatic heterocycles. The van der Waals surface area contributed by atoms with E-state index in [1.54, 1.807) is 0 Å². The van der Waals surface area contributed by atoms with Gasteiger partial charge in [-0.15, -0.1) is 0 Å². The van der Waals surface area contributed by atoms with Crippen molar-refractivity contribution < 1.29 is 9.59 Å². The number of imide groups is 1. The normalized spacial score (nSPS) is 26.1. The van der Waals surface area contributed by atoms with E-state index in [0.717, 1.165) is 18.9 Å². The fraction of sp³-hybridized carbons (Fsp3) is 0.560. The first-order valence-electron chi connectivity index (χ1n) is 11.7. The molecule has 1 saturated carbocycles. The maximum Gasteiger partial charge on any atom is 0.233 e. The molecule has 7 nitrogen and oxygen atoms in total. The summed E-state index contributed by atoms with van der Waals surface area (Å²) in [6.07, 6.45) is 5.96. The molecule has 1 saturated heterocycles. The smallest absolute Gasteiger partial charge is 0.233 e. The van der Waals surface area contributed by atoms with Crippen LogP contribution in [0.3, 0.4) is 0 Å². The molecule has 2 N–H and O–H groups in total. The van der Waals surface area contributed by atoms with Crippen molar-refractivity contribution in [2.24, 2.45) is 28.7 Å². The molecular weight excluding hydrogens is 402 g/mol. The van der Waals surface area contributed by atoms with Crippen LogP contribution in [-0.4, -0.2) is 56.4 Å². The average molecular weight is 438 g/mol. The Labute approximate surface area is 190 Å². The molecule has 172 valence electrons. The molecule has 7 heteroatoms. The number of benzene rings is 1. The Morgan fingerprint density at radius 3 is 2.41 bits per heavy atom. The van der Waals surface area contributed by atoms with Gasteiger partial charge in [-0.1, -0.05) is 18.2 Å². The maximum absolute atomic E-state index is 12.8. The van der Waals surface area contributed by atoms with Gasteiger partial charge >= 0.3 is 0 Å². The van der Waals surface area contributed by atoms with Crippen LogP contribution in [0.15, 0.2) is 35.3 Å². The van der Waals surface area contributed by atoms with Crippen molar-refractivity contribution in [3.05, 3.63) is 41.5 Å². The highest BCUT2D eigenvalue weighted by molar-refractivity contribution is 6.06. The zero-order valence-corrected chi connectivity index (χ0v) is 19.6. The van der Waals surface area contributed by atoms with Crippen LogP contribution in [0.2, 0.25) is 0 Å². The van der Waals surface area contributed by atoms with E-state index < -0.39 is 0 Å². The Morgan fingerprint density at radius 1 is 1.12 bits per heavy atom. The van der Waals surface area contributed by atoms with Crippen LogP contribution >= 0.6 is 0 Å². The number of likely N-dealkylation sites (tertiary alicyclic amines) is 1. The molecule has 4 rings (SSSR count). The summed E-state index contributed by atoms with van der Waals surface area (Å²) in [7, 11) is 4.08. The summed E-state index contributed by atoms with van der Waals surface area (Å²) < 4.78 is 0. The topological polar surface area (TPSA) is 77.0 Å². The summed E-state index contributed by atoms with van der Waals surface area (Å²) in [5.41, 5.74) is 3.59. The largest absolute Gasteiger partial charge is 0.378 e. The molecule has 2 bridgehead atoms. The molecule has 2 fully saturated rings. The molecule has 2 aliphatic carbocycles. The molecule has 3 aliphatic rings. The van der Waals surface area contributed by atoms with E-state index in [-0.39, 0.29) is 35.5 Å². The monoisotopic (exact) mass is 437 g/mol. The molecule has 1 aromatic rings. The highest BCUT2D eigenvalue weighted by Crippen LogP contribution is 2.52. The van der Waals surface area contributed by atoms with Crippen molar-refractivity contribution in [3.63, 3.8) is 0 Å². The van der Waals surface area contributed by atoms with Crippen LogP contribution < -0.4 is 15.5 Å². The second kappa shape index (κ2) is 9.35. The molecule has 4 atom stereocenters. The van der Waals surface area contributed by atoms with Crippen LogP contribution in [0.5, 0.6) is 0 Å². The molecule has 2 amide bonds. The van der Waals surface area contributed by atoms with Crippen molar-refractivity contribution in [1.29, 1.82) is 0 Å². The Morgan fingerprint density at radius 2 is 1.81 bits per heavy atom. The molecule has 1 heterocycles. The number of rotatable bonds is 8. The van der Waals surface area contributed by atoms with Gasteiger partial charge in [0.25, 0.3) is 0 Å². The lowest BCUT2D eigenvalue weighted by molar-refractivity contribution is -0.140. The van der Waals surface area contributed by atoms with Gasteiger partial charge in [-0.25, -0.2) is 4.99 Å². The highest BCUT2D eigenvalue weighted by atomic mass is 16.2. The van der Waals surface area contributed by atoms with Crippen LogP contribution in [0.25, 0.3) is 0 Å². The fourth-order valence-electron chi connectivity index (χ4n) is 5.27. The fourth-order valence-corrected chi connectivity index (χ4v) is 5.27. The van der Waals surface area contributed by atoms with Gasteiger partial charge in [-0.05, 0) is 61.8 Å². The number of aryl methyl sites for hydroxylation is 1. The van der Waals surface area contributed by atoms with Gasteiger partial charge < -0.3 is 15.5 Å². The van der Waals surface area contributed by atoms with Gasteiger partial charge in [0.15, 0.2) is 5.96 Å². The number of nitrogens with one attached hydrogen (secondary N) is 2. The second-order valence-corrected chi connectivity index (χ2v) is 9.31. The third-order valence-electron chi connectivity index (χ3n) is 7.01. The number of aliphatic imine (C=N–C) groups is 1. The second-order valence-electron chi connectivity index (χ2n) is 9.31. The van der Waals surface area contributed by atoms with Crippen LogP contribution in [0, 0.1) is 30.6 Å². The molecule has 1 aliphatic heterocycles. The lowest BCUT2D eigenvalue weighted by atomic mass is 9.85. The number of carbonyl (C=O) groups is 2. The van der Waals surface area contributed by atoms with Crippen LogP contribution in [0.4, 0.5) is 5.69 Å². The van der Waals surface area contributed by atoms with Crippen LogP contribution in [-0.2, 0) is 16.1 Å². The predicted molar refractivity (Wildman–Crippen MR) is 127 cm³/mol. The third kappa shape index (κ3) is 4.25. The predicted octanol–water partition coefficient (Wildman–Crippen LogP) is 2.31. The zero-order chi connectivity index (χ0) is 22.8. The van der Waals surface area contributed by atoms with Gasteiger partial charge in [-0.3, -0.25) is 14.5 Å². The summed E-state index contributed by atoms with van der Waals surface area (Å²) in [6.45, 7) is 6.64. The zero-order valence-electron chi connectivity index (χ0n) is 19.6. The molecule has 0 radical (unpaired) electrons. The number of guanidine groups is 1. The molecule has 4 unspecified atom stereocenters. The molecule has 0 spiro atoms. The highest BCUT2D eigenvalue weighted by Gasteiger charge is 2.58. The van der Waals surface area contributed by atoms with E-state index in [0.29, 0.717) is 26.1 Å². The van der Waals surface area contributed by atoms with Crippen molar-refractivity contribution in [1.82, 2.24) is 15.5 Å². The van der Waals surface area contributed by atoms with Gasteiger partial charge in [-0.2, -0.15) is 0 Å². The van der Waals surface area contributed by atoms with Gasteiger partial charge in [0, 0.05) is 39.4 Å².